The van der Waals surface area contributed by atoms with Crippen LogP contribution in [-0.4, -0.2) is 30.7 Å². The van der Waals surface area contributed by atoms with Crippen molar-refractivity contribution in [1.82, 2.24) is 19.7 Å². The maximum Gasteiger partial charge on any atom is 0.286 e. The molecule has 1 aliphatic heterocycles. The van der Waals surface area contributed by atoms with E-state index in [0.29, 0.717) is 23.3 Å². The molecule has 5 rings (SSSR count). The van der Waals surface area contributed by atoms with Gasteiger partial charge in [0.05, 0.1) is 22.6 Å². The Morgan fingerprint density at radius 2 is 2.04 bits per heavy atom. The van der Waals surface area contributed by atoms with Gasteiger partial charge in [0.2, 0.25) is 11.7 Å². The fourth-order valence-corrected chi connectivity index (χ4v) is 4.59. The van der Waals surface area contributed by atoms with E-state index in [9.17, 15) is 4.79 Å². The van der Waals surface area contributed by atoms with Crippen molar-refractivity contribution in [1.29, 1.82) is 0 Å². The number of amides is 1. The molecule has 0 saturated heterocycles. The highest BCUT2D eigenvalue weighted by atomic mass is 32.2. The Labute approximate surface area is 167 Å². The van der Waals surface area contributed by atoms with Gasteiger partial charge in [0.15, 0.2) is 0 Å². The minimum Gasteiger partial charge on any atom is -0.339 e. The van der Waals surface area contributed by atoms with Crippen LogP contribution in [0.3, 0.4) is 0 Å². The van der Waals surface area contributed by atoms with Crippen LogP contribution in [0.15, 0.2) is 35.1 Å². The summed E-state index contributed by atoms with van der Waals surface area (Å²) in [6.45, 7) is 6.06. The minimum atomic E-state index is -0.625. The van der Waals surface area contributed by atoms with Gasteiger partial charge < -0.3 is 4.52 Å². The molecular weight excluding hydrogens is 374 g/mol. The quantitative estimate of drug-likeness (QED) is 0.638. The summed E-state index contributed by atoms with van der Waals surface area (Å²) in [5.41, 5.74) is 2.72. The second-order valence-electron chi connectivity index (χ2n) is 7.62. The molecule has 0 bridgehead atoms. The zero-order valence-electron chi connectivity index (χ0n) is 16.0. The Kier molecular flexibility index (Phi) is 3.87. The van der Waals surface area contributed by atoms with Crippen LogP contribution < -0.4 is 4.90 Å². The molecule has 0 spiro atoms. The van der Waals surface area contributed by atoms with Gasteiger partial charge in [-0.3, -0.25) is 14.3 Å². The summed E-state index contributed by atoms with van der Waals surface area (Å²) >= 11 is 1.31. The largest absolute Gasteiger partial charge is 0.339 e. The molecule has 1 amide bonds. The lowest BCUT2D eigenvalue weighted by molar-refractivity contribution is 0.258. The summed E-state index contributed by atoms with van der Waals surface area (Å²) < 4.78 is 7.50. The van der Waals surface area contributed by atoms with Crippen molar-refractivity contribution in [3.63, 3.8) is 0 Å². The third-order valence-electron chi connectivity index (χ3n) is 5.32. The molecular formula is C20H21N5O2S. The molecule has 3 aromatic rings. The van der Waals surface area contributed by atoms with Gasteiger partial charge in [-0.25, -0.2) is 4.98 Å². The van der Waals surface area contributed by atoms with Crippen molar-refractivity contribution in [2.45, 2.75) is 45.1 Å². The first-order valence-corrected chi connectivity index (χ1v) is 10.5. The fraction of sp³-hybridized carbons (Fsp3) is 0.400. The number of nitrogens with zero attached hydrogens (tertiary/aromatic N) is 5. The van der Waals surface area contributed by atoms with Gasteiger partial charge in [0.1, 0.15) is 12.0 Å². The van der Waals surface area contributed by atoms with E-state index in [-0.39, 0.29) is 5.24 Å². The van der Waals surface area contributed by atoms with E-state index in [1.54, 1.807) is 6.33 Å². The summed E-state index contributed by atoms with van der Waals surface area (Å²) in [6.07, 6.45) is 3.98. The van der Waals surface area contributed by atoms with E-state index in [1.807, 2.05) is 54.5 Å². The normalized spacial score (nSPS) is 17.3. The van der Waals surface area contributed by atoms with Crippen molar-refractivity contribution >= 4 is 22.7 Å². The summed E-state index contributed by atoms with van der Waals surface area (Å²) in [6, 6.07) is 7.90. The number of fused-ring (bicyclic) bond motifs is 3. The maximum atomic E-state index is 13.1. The summed E-state index contributed by atoms with van der Waals surface area (Å²) in [4.78, 5) is 24.1. The van der Waals surface area contributed by atoms with Crippen molar-refractivity contribution in [3.05, 3.63) is 42.2 Å². The van der Waals surface area contributed by atoms with Crippen LogP contribution in [0.5, 0.6) is 0 Å². The Balaban J connectivity index is 1.70. The van der Waals surface area contributed by atoms with Gasteiger partial charge in [-0.05, 0) is 44.6 Å². The van der Waals surface area contributed by atoms with Gasteiger partial charge in [-0.15, -0.1) is 0 Å². The Morgan fingerprint density at radius 1 is 1.29 bits per heavy atom. The molecule has 1 saturated carbocycles. The molecule has 1 aliphatic carbocycles. The maximum absolute atomic E-state index is 13.1. The second-order valence-corrected chi connectivity index (χ2v) is 8.84. The number of carbonyl (C=O) groups is 1. The highest BCUT2D eigenvalue weighted by Gasteiger charge is 2.44. The number of thioether (sulfide) groups is 1. The number of benzene rings is 1. The van der Waals surface area contributed by atoms with Crippen molar-refractivity contribution in [2.75, 3.05) is 10.7 Å². The SMILES string of the molecule is CCSC(=O)N1c2ccccc2-n2cnc(-c3noc(C4CC4)n3)c2C1(C)C. The molecule has 2 aromatic heterocycles. The van der Waals surface area contributed by atoms with E-state index in [4.69, 9.17) is 4.52 Å². The Bertz CT molecular complexity index is 1070. The van der Waals surface area contributed by atoms with Gasteiger partial charge in [0.25, 0.3) is 5.24 Å². The van der Waals surface area contributed by atoms with Crippen molar-refractivity contribution < 1.29 is 9.32 Å². The highest BCUT2D eigenvalue weighted by molar-refractivity contribution is 8.13. The molecule has 144 valence electrons. The average Bonchev–Trinajstić information content (AvgIpc) is 3.22. The van der Waals surface area contributed by atoms with Crippen LogP contribution in [-0.2, 0) is 5.54 Å². The molecule has 1 fully saturated rings. The average molecular weight is 395 g/mol. The van der Waals surface area contributed by atoms with E-state index in [0.717, 1.165) is 35.7 Å². The van der Waals surface area contributed by atoms with Gasteiger partial charge >= 0.3 is 0 Å². The Morgan fingerprint density at radius 3 is 2.75 bits per heavy atom. The third-order valence-corrected chi connectivity index (χ3v) is 6.04. The lowest BCUT2D eigenvalue weighted by Gasteiger charge is -2.43. The number of para-hydroxylation sites is 2. The van der Waals surface area contributed by atoms with E-state index >= 15 is 0 Å². The molecule has 8 heteroatoms. The number of imidazole rings is 1. The van der Waals surface area contributed by atoms with E-state index in [1.165, 1.54) is 11.8 Å². The van der Waals surface area contributed by atoms with Crippen molar-refractivity contribution in [3.8, 4) is 17.2 Å². The lowest BCUT2D eigenvalue weighted by atomic mass is 9.92. The standard InChI is InChI=1S/C20H21N5O2S/c1-4-28-19(26)25-14-8-6-5-7-13(14)24-11-21-15(16(24)20(25,2)3)17-22-18(27-23-17)12-9-10-12/h5-8,11-12H,4,9-10H2,1-3H3. The highest BCUT2D eigenvalue weighted by Crippen LogP contribution is 2.47. The zero-order valence-corrected chi connectivity index (χ0v) is 16.9. The number of hydrogen-bond donors (Lipinski definition) is 0. The van der Waals surface area contributed by atoms with Crippen LogP contribution in [0.2, 0.25) is 0 Å². The topological polar surface area (TPSA) is 77.0 Å². The first kappa shape index (κ1) is 17.5. The monoisotopic (exact) mass is 395 g/mol. The summed E-state index contributed by atoms with van der Waals surface area (Å²) in [5.74, 6) is 2.27. The lowest BCUT2D eigenvalue weighted by Crippen LogP contribution is -2.48. The smallest absolute Gasteiger partial charge is 0.286 e. The van der Waals surface area contributed by atoms with Gasteiger partial charge in [-0.2, -0.15) is 4.98 Å². The van der Waals surface area contributed by atoms with Crippen LogP contribution in [0, 0.1) is 0 Å². The fourth-order valence-electron chi connectivity index (χ4n) is 3.89. The summed E-state index contributed by atoms with van der Waals surface area (Å²) in [5, 5.41) is 4.20. The van der Waals surface area contributed by atoms with Crippen LogP contribution in [0.1, 0.15) is 51.1 Å². The molecule has 0 atom stereocenters. The second kappa shape index (κ2) is 6.20. The van der Waals surface area contributed by atoms with E-state index < -0.39 is 5.54 Å². The predicted octanol–water partition coefficient (Wildman–Crippen LogP) is 4.73. The molecule has 0 radical (unpaired) electrons. The molecule has 28 heavy (non-hydrogen) atoms. The molecule has 0 N–H and O–H groups in total. The molecule has 3 heterocycles. The first-order valence-electron chi connectivity index (χ1n) is 9.50. The van der Waals surface area contributed by atoms with Gasteiger partial charge in [0, 0.05) is 5.92 Å². The number of anilines is 1. The minimum absolute atomic E-state index is 0.0186. The number of carbonyl (C=O) groups excluding carboxylic acids is 1. The van der Waals surface area contributed by atoms with Crippen LogP contribution in [0.25, 0.3) is 17.2 Å². The number of aromatic nitrogens is 4. The van der Waals surface area contributed by atoms with Crippen LogP contribution in [0.4, 0.5) is 10.5 Å². The van der Waals surface area contributed by atoms with Gasteiger partial charge in [-0.1, -0.05) is 36.0 Å². The molecule has 0 unspecified atom stereocenters. The summed E-state index contributed by atoms with van der Waals surface area (Å²) in [7, 11) is 0. The molecule has 7 nitrogen and oxygen atoms in total. The molecule has 2 aliphatic rings. The first-order chi connectivity index (χ1) is 13.5. The number of rotatable bonds is 3. The molecule has 1 aromatic carbocycles. The predicted molar refractivity (Wildman–Crippen MR) is 108 cm³/mol. The Hall–Kier alpha value is -2.61. The van der Waals surface area contributed by atoms with Crippen molar-refractivity contribution in [2.24, 2.45) is 0 Å². The van der Waals surface area contributed by atoms with E-state index in [2.05, 4.69) is 15.1 Å². The number of hydrogen-bond acceptors (Lipinski definition) is 6. The van der Waals surface area contributed by atoms with Crippen LogP contribution >= 0.6 is 11.8 Å². The third kappa shape index (κ3) is 2.51. The zero-order chi connectivity index (χ0) is 19.5.